The highest BCUT2D eigenvalue weighted by Gasteiger charge is 2.30. The highest BCUT2D eigenvalue weighted by atomic mass is 127. The maximum atomic E-state index is 5.08. The maximum Gasteiger partial charge on any atom is 0.225 e. The normalized spacial score (nSPS) is 17.5. The summed E-state index contributed by atoms with van der Waals surface area (Å²) in [5.74, 6) is 1.83. The molecule has 0 bridgehead atoms. The molecule has 0 saturated carbocycles. The van der Waals surface area contributed by atoms with Gasteiger partial charge in [0.15, 0.2) is 5.96 Å². The summed E-state index contributed by atoms with van der Waals surface area (Å²) >= 11 is 0. The van der Waals surface area contributed by atoms with Crippen molar-refractivity contribution in [3.8, 4) is 0 Å². The van der Waals surface area contributed by atoms with Crippen LogP contribution in [0.3, 0.4) is 0 Å². The zero-order valence-electron chi connectivity index (χ0n) is 19.5. The molecule has 0 spiro atoms. The average molecular weight is 550 g/mol. The number of piperazine rings is 1. The molecule has 32 heavy (non-hydrogen) atoms. The van der Waals surface area contributed by atoms with Crippen LogP contribution in [0.4, 0.5) is 5.95 Å². The van der Waals surface area contributed by atoms with Gasteiger partial charge in [-0.3, -0.25) is 9.89 Å². The van der Waals surface area contributed by atoms with E-state index in [0.717, 1.165) is 70.7 Å². The molecular weight excluding hydrogens is 513 g/mol. The smallest absolute Gasteiger partial charge is 0.225 e. The molecule has 0 radical (unpaired) electrons. The van der Waals surface area contributed by atoms with E-state index in [9.17, 15) is 0 Å². The van der Waals surface area contributed by atoms with Crippen molar-refractivity contribution in [2.24, 2.45) is 4.99 Å². The minimum Gasteiger partial charge on any atom is -0.357 e. The molecular formula is C24H36IN7. The van der Waals surface area contributed by atoms with Crippen molar-refractivity contribution < 1.29 is 0 Å². The number of nitrogens with zero attached hydrogens (tertiary/aromatic N) is 6. The molecule has 1 saturated heterocycles. The number of hydrogen-bond donors (Lipinski definition) is 1. The second-order valence-corrected chi connectivity index (χ2v) is 8.95. The number of aliphatic imine (C=N–C) groups is 1. The molecule has 2 aliphatic rings. The fourth-order valence-electron chi connectivity index (χ4n) is 4.38. The molecule has 1 N–H and O–H groups in total. The predicted octanol–water partition coefficient (Wildman–Crippen LogP) is 3.02. The summed E-state index contributed by atoms with van der Waals surface area (Å²) in [7, 11) is 0. The van der Waals surface area contributed by atoms with Crippen LogP contribution in [0, 0.1) is 0 Å². The summed E-state index contributed by atoms with van der Waals surface area (Å²) in [6.07, 6.45) is 4.73. The zero-order chi connectivity index (χ0) is 21.7. The van der Waals surface area contributed by atoms with E-state index in [1.54, 1.807) is 12.4 Å². The molecule has 174 valence electrons. The first-order chi connectivity index (χ1) is 15.1. The topological polar surface area (TPSA) is 59.9 Å². The number of nitrogens with one attached hydrogen (secondary N) is 1. The Hall–Kier alpha value is -1.94. The first-order valence-corrected chi connectivity index (χ1v) is 11.4. The van der Waals surface area contributed by atoms with E-state index in [0.29, 0.717) is 0 Å². The summed E-state index contributed by atoms with van der Waals surface area (Å²) in [5.41, 5.74) is 2.96. The van der Waals surface area contributed by atoms with Gasteiger partial charge in [-0.1, -0.05) is 24.3 Å². The number of anilines is 1. The maximum absolute atomic E-state index is 5.08. The lowest BCUT2D eigenvalue weighted by molar-refractivity contribution is 0.111. The van der Waals surface area contributed by atoms with Gasteiger partial charge < -0.3 is 15.1 Å². The lowest BCUT2D eigenvalue weighted by Gasteiger charge is -2.41. The van der Waals surface area contributed by atoms with E-state index in [1.807, 2.05) is 6.07 Å². The first-order valence-electron chi connectivity index (χ1n) is 11.4. The number of rotatable bonds is 5. The van der Waals surface area contributed by atoms with Gasteiger partial charge >= 0.3 is 0 Å². The van der Waals surface area contributed by atoms with Gasteiger partial charge in [-0.15, -0.1) is 24.0 Å². The van der Waals surface area contributed by atoms with Gasteiger partial charge in [-0.25, -0.2) is 9.97 Å². The van der Waals surface area contributed by atoms with Crippen LogP contribution >= 0.6 is 24.0 Å². The number of guanidine groups is 1. The third-order valence-corrected chi connectivity index (χ3v) is 6.35. The lowest BCUT2D eigenvalue weighted by Crippen LogP contribution is -2.54. The van der Waals surface area contributed by atoms with E-state index in [-0.39, 0.29) is 29.5 Å². The van der Waals surface area contributed by atoms with Crippen LogP contribution in [-0.2, 0) is 13.0 Å². The number of hydrogen-bond acceptors (Lipinski definition) is 5. The van der Waals surface area contributed by atoms with Crippen molar-refractivity contribution in [2.45, 2.75) is 39.3 Å². The van der Waals surface area contributed by atoms with Gasteiger partial charge in [0.2, 0.25) is 5.95 Å². The van der Waals surface area contributed by atoms with Crippen LogP contribution in [-0.4, -0.2) is 77.1 Å². The van der Waals surface area contributed by atoms with Gasteiger partial charge in [-0.2, -0.15) is 0 Å². The summed E-state index contributed by atoms with van der Waals surface area (Å²) in [4.78, 5) is 21.0. The van der Waals surface area contributed by atoms with Crippen molar-refractivity contribution in [2.75, 3.05) is 50.7 Å². The van der Waals surface area contributed by atoms with Crippen molar-refractivity contribution in [1.29, 1.82) is 0 Å². The van der Waals surface area contributed by atoms with Crippen LogP contribution in [0.5, 0.6) is 0 Å². The molecule has 7 nitrogen and oxygen atoms in total. The van der Waals surface area contributed by atoms with Crippen LogP contribution in [0.15, 0.2) is 47.7 Å². The third kappa shape index (κ3) is 5.89. The van der Waals surface area contributed by atoms with Gasteiger partial charge in [0, 0.05) is 63.7 Å². The van der Waals surface area contributed by atoms with Crippen molar-refractivity contribution in [3.05, 3.63) is 53.9 Å². The zero-order valence-corrected chi connectivity index (χ0v) is 21.8. The molecule has 2 aromatic rings. The fourth-order valence-corrected chi connectivity index (χ4v) is 4.38. The van der Waals surface area contributed by atoms with E-state index >= 15 is 0 Å². The minimum atomic E-state index is 0. The minimum absolute atomic E-state index is 0. The molecule has 2 aliphatic heterocycles. The number of halogens is 1. The number of fused-ring (bicyclic) bond motifs is 1. The molecule has 1 aromatic heterocycles. The summed E-state index contributed by atoms with van der Waals surface area (Å²) < 4.78 is 0. The van der Waals surface area contributed by atoms with E-state index in [2.05, 4.69) is 75.0 Å². The first kappa shape index (κ1) is 24.7. The fraction of sp³-hybridized carbons (Fsp3) is 0.542. The Morgan fingerprint density at radius 1 is 1.00 bits per heavy atom. The third-order valence-electron chi connectivity index (χ3n) is 6.35. The van der Waals surface area contributed by atoms with Crippen molar-refractivity contribution in [1.82, 2.24) is 25.1 Å². The van der Waals surface area contributed by atoms with Crippen molar-refractivity contribution in [3.63, 3.8) is 0 Å². The Balaban J connectivity index is 0.00000289. The molecule has 4 rings (SSSR count). The second-order valence-electron chi connectivity index (χ2n) is 8.95. The van der Waals surface area contributed by atoms with Crippen LogP contribution in [0.25, 0.3) is 0 Å². The lowest BCUT2D eigenvalue weighted by atomic mass is 9.94. The molecule has 3 heterocycles. The highest BCUT2D eigenvalue weighted by molar-refractivity contribution is 14.0. The summed E-state index contributed by atoms with van der Waals surface area (Å²) in [6, 6.07) is 10.7. The molecule has 1 fully saturated rings. The average Bonchev–Trinajstić information content (AvgIpc) is 2.82. The van der Waals surface area contributed by atoms with Gasteiger partial charge in [-0.05, 0) is 44.4 Å². The van der Waals surface area contributed by atoms with Crippen molar-refractivity contribution >= 4 is 35.9 Å². The molecule has 1 aromatic carbocycles. The Morgan fingerprint density at radius 3 is 2.38 bits per heavy atom. The molecule has 0 atom stereocenters. The number of aromatic nitrogens is 2. The molecule has 0 unspecified atom stereocenters. The van der Waals surface area contributed by atoms with E-state index in [1.165, 1.54) is 11.1 Å². The standard InChI is InChI=1S/C24H35N7.HI/c1-4-25-22(29-14-16-30(17-15-29)23-26-11-7-12-27-23)28-19-24(2,3)31-13-10-20-8-5-6-9-21(20)18-31;/h5-9,11-12H,4,10,13-19H2,1-3H3,(H,25,28);1H. The SMILES string of the molecule is CCNC(=NCC(C)(C)N1CCc2ccccc2C1)N1CCN(c2ncccn2)CC1.I. The quantitative estimate of drug-likeness (QED) is 0.352. The Kier molecular flexibility index (Phi) is 8.70. The second kappa shape index (κ2) is 11.3. The summed E-state index contributed by atoms with van der Waals surface area (Å²) in [5, 5.41) is 3.51. The summed E-state index contributed by atoms with van der Waals surface area (Å²) in [6.45, 7) is 14.2. The Labute approximate surface area is 209 Å². The largest absolute Gasteiger partial charge is 0.357 e. The molecule has 0 aliphatic carbocycles. The Bertz CT molecular complexity index is 879. The van der Waals surface area contributed by atoms with Crippen LogP contribution in [0.2, 0.25) is 0 Å². The molecule has 0 amide bonds. The van der Waals surface area contributed by atoms with Gasteiger partial charge in [0.05, 0.1) is 6.54 Å². The van der Waals surface area contributed by atoms with Crippen LogP contribution in [0.1, 0.15) is 31.9 Å². The molecule has 8 heteroatoms. The Morgan fingerprint density at radius 2 is 1.69 bits per heavy atom. The highest BCUT2D eigenvalue weighted by Crippen LogP contribution is 2.25. The van der Waals surface area contributed by atoms with Gasteiger partial charge in [0.1, 0.15) is 0 Å². The van der Waals surface area contributed by atoms with Crippen LogP contribution < -0.4 is 10.2 Å². The van der Waals surface area contributed by atoms with Gasteiger partial charge in [0.25, 0.3) is 0 Å². The van der Waals surface area contributed by atoms with E-state index in [4.69, 9.17) is 4.99 Å². The predicted molar refractivity (Wildman–Crippen MR) is 142 cm³/mol. The van der Waals surface area contributed by atoms with E-state index < -0.39 is 0 Å². The number of benzene rings is 1. The monoisotopic (exact) mass is 549 g/mol.